The Morgan fingerprint density at radius 1 is 1.24 bits per heavy atom. The van der Waals surface area contributed by atoms with Crippen molar-refractivity contribution in [2.24, 2.45) is 0 Å². The summed E-state index contributed by atoms with van der Waals surface area (Å²) in [6.07, 6.45) is -0.839. The van der Waals surface area contributed by atoms with E-state index in [0.717, 1.165) is 31.7 Å². The summed E-state index contributed by atoms with van der Waals surface area (Å²) in [6, 6.07) is 3.31. The first-order valence-electron chi connectivity index (χ1n) is 10.8. The van der Waals surface area contributed by atoms with Crippen LogP contribution in [0.4, 0.5) is 19.0 Å². The first kappa shape index (κ1) is 21.8. The van der Waals surface area contributed by atoms with Crippen LogP contribution in [0.5, 0.6) is 0 Å². The summed E-state index contributed by atoms with van der Waals surface area (Å²) < 4.78 is 39.7. The second-order valence-electron chi connectivity index (χ2n) is 8.83. The zero-order chi connectivity index (χ0) is 23.5. The maximum Gasteiger partial charge on any atom is 0.420 e. The highest BCUT2D eigenvalue weighted by Gasteiger charge is 2.40. The van der Waals surface area contributed by atoms with Crippen molar-refractivity contribution in [2.75, 3.05) is 5.73 Å². The van der Waals surface area contributed by atoms with Gasteiger partial charge in [0.25, 0.3) is 0 Å². The van der Waals surface area contributed by atoms with E-state index < -0.39 is 18.0 Å². The lowest BCUT2D eigenvalue weighted by molar-refractivity contribution is -0.207. The first-order valence-corrected chi connectivity index (χ1v) is 10.8. The minimum absolute atomic E-state index is 0.0696. The van der Waals surface area contributed by atoms with Crippen molar-refractivity contribution in [3.8, 4) is 11.1 Å². The molecular formula is C22H23F3N6O2. The molecule has 0 radical (unpaired) electrons. The number of aromatic nitrogens is 4. The second kappa shape index (κ2) is 7.77. The molecule has 0 saturated carbocycles. The number of anilines is 1. The smallest absolute Gasteiger partial charge is 0.383 e. The average molecular weight is 460 g/mol. The van der Waals surface area contributed by atoms with Gasteiger partial charge >= 0.3 is 6.18 Å². The van der Waals surface area contributed by atoms with Gasteiger partial charge in [-0.3, -0.25) is 9.78 Å². The van der Waals surface area contributed by atoms with E-state index in [1.165, 1.54) is 29.9 Å². The fraction of sp³-hybridized carbons (Fsp3) is 0.455. The van der Waals surface area contributed by atoms with Crippen LogP contribution in [0.2, 0.25) is 0 Å². The monoisotopic (exact) mass is 460 g/mol. The van der Waals surface area contributed by atoms with E-state index in [4.69, 9.17) is 10.7 Å². The number of fused-ring (bicyclic) bond motifs is 3. The molecule has 2 aliphatic heterocycles. The van der Waals surface area contributed by atoms with Gasteiger partial charge in [0.05, 0.1) is 23.1 Å². The Balaban J connectivity index is 1.59. The molecule has 4 atom stereocenters. The van der Waals surface area contributed by atoms with E-state index in [-0.39, 0.29) is 17.5 Å². The molecule has 5 heterocycles. The maximum atomic E-state index is 12.8. The number of nitrogens with zero attached hydrogens (tertiary/aromatic N) is 4. The van der Waals surface area contributed by atoms with Gasteiger partial charge in [-0.1, -0.05) is 6.07 Å². The number of halogens is 3. The highest BCUT2D eigenvalue weighted by Crippen LogP contribution is 2.40. The van der Waals surface area contributed by atoms with Crippen molar-refractivity contribution >= 4 is 17.2 Å². The van der Waals surface area contributed by atoms with Crippen molar-refractivity contribution in [1.82, 2.24) is 24.9 Å². The Hall–Kier alpha value is -3.05. The molecule has 2 bridgehead atoms. The SMILES string of the molecule is CC(=O)c1c([C@H]2C[C@H]3CC[C@@H](C2)N3)nc2c(-c3ccc(C(O)C(F)(F)F)nc3)cnn2c1N. The molecule has 2 fully saturated rings. The highest BCUT2D eigenvalue weighted by molar-refractivity contribution is 6.00. The number of rotatable bonds is 4. The Morgan fingerprint density at radius 2 is 1.94 bits per heavy atom. The number of aliphatic hydroxyl groups excluding tert-OH is 1. The number of ketones is 1. The minimum Gasteiger partial charge on any atom is -0.383 e. The van der Waals surface area contributed by atoms with Gasteiger partial charge in [0.2, 0.25) is 0 Å². The van der Waals surface area contributed by atoms with E-state index in [2.05, 4.69) is 15.4 Å². The zero-order valence-electron chi connectivity index (χ0n) is 17.8. The van der Waals surface area contributed by atoms with E-state index in [1.807, 2.05) is 0 Å². The van der Waals surface area contributed by atoms with Crippen LogP contribution < -0.4 is 11.1 Å². The van der Waals surface area contributed by atoms with Crippen LogP contribution in [-0.2, 0) is 0 Å². The fourth-order valence-electron chi connectivity index (χ4n) is 5.07. The molecular weight excluding hydrogens is 437 g/mol. The van der Waals surface area contributed by atoms with E-state index in [9.17, 15) is 23.1 Å². The van der Waals surface area contributed by atoms with Gasteiger partial charge in [-0.15, -0.1) is 0 Å². The lowest BCUT2D eigenvalue weighted by atomic mass is 9.86. The normalized spacial score (nSPS) is 23.7. The number of nitrogens with one attached hydrogen (secondary N) is 1. The second-order valence-corrected chi connectivity index (χ2v) is 8.83. The lowest BCUT2D eigenvalue weighted by Gasteiger charge is -2.30. The molecule has 174 valence electrons. The molecule has 3 aromatic rings. The number of Topliss-reactive ketones (excluding diaryl/α,β-unsaturated/α-hetero) is 1. The summed E-state index contributed by atoms with van der Waals surface area (Å²) in [6.45, 7) is 1.46. The molecule has 3 aromatic heterocycles. The largest absolute Gasteiger partial charge is 0.420 e. The van der Waals surface area contributed by atoms with Crippen LogP contribution in [0.15, 0.2) is 24.5 Å². The number of carbonyl (C=O) groups excluding carboxylic acids is 1. The third-order valence-electron chi connectivity index (χ3n) is 6.61. The molecule has 8 nitrogen and oxygen atoms in total. The molecule has 1 unspecified atom stereocenters. The van der Waals surface area contributed by atoms with E-state index in [0.29, 0.717) is 40.1 Å². The highest BCUT2D eigenvalue weighted by atomic mass is 19.4. The van der Waals surface area contributed by atoms with Crippen LogP contribution in [0.1, 0.15) is 66.4 Å². The molecule has 33 heavy (non-hydrogen) atoms. The number of carbonyl (C=O) groups is 1. The van der Waals surface area contributed by atoms with Crippen molar-refractivity contribution in [2.45, 2.75) is 62.9 Å². The summed E-state index contributed by atoms with van der Waals surface area (Å²) in [4.78, 5) is 21.1. The number of aliphatic hydroxyl groups is 1. The predicted octanol–water partition coefficient (Wildman–Crippen LogP) is 3.17. The summed E-state index contributed by atoms with van der Waals surface area (Å²) in [5.74, 6) is 0.0730. The van der Waals surface area contributed by atoms with Crippen LogP contribution in [0.3, 0.4) is 0 Å². The summed E-state index contributed by atoms with van der Waals surface area (Å²) in [5.41, 5.74) is 8.28. The molecule has 2 aliphatic rings. The number of piperidine rings is 1. The van der Waals surface area contributed by atoms with Crippen molar-refractivity contribution in [1.29, 1.82) is 0 Å². The van der Waals surface area contributed by atoms with E-state index >= 15 is 0 Å². The number of hydrogen-bond acceptors (Lipinski definition) is 7. The lowest BCUT2D eigenvalue weighted by Crippen LogP contribution is -2.38. The van der Waals surface area contributed by atoms with Gasteiger partial charge in [0.15, 0.2) is 17.5 Å². The number of nitrogen functional groups attached to an aromatic ring is 1. The predicted molar refractivity (Wildman–Crippen MR) is 114 cm³/mol. The van der Waals surface area contributed by atoms with Gasteiger partial charge in [-0.2, -0.15) is 22.8 Å². The molecule has 0 aliphatic carbocycles. The number of nitrogens with two attached hydrogens (primary N) is 1. The molecule has 11 heteroatoms. The standard InChI is InChI=1S/C22H23F3N6O2/c1-10(32)17-18(12-6-13-3-4-14(7-12)29-13)30-21-15(9-28-31(21)20(17)26)11-2-5-16(27-8-11)19(33)22(23,24)25/h2,5,8-9,12-14,19,29,33H,3-4,6-7,26H2,1H3/t12-,13+,14-,19?. The molecule has 0 aromatic carbocycles. The zero-order valence-corrected chi connectivity index (χ0v) is 17.8. The average Bonchev–Trinajstić information content (AvgIpc) is 3.35. The Kier molecular flexibility index (Phi) is 5.13. The van der Waals surface area contributed by atoms with Crippen molar-refractivity contribution in [3.63, 3.8) is 0 Å². The van der Waals surface area contributed by atoms with Crippen LogP contribution >= 0.6 is 0 Å². The third-order valence-corrected chi connectivity index (χ3v) is 6.61. The first-order chi connectivity index (χ1) is 15.6. The quantitative estimate of drug-likeness (QED) is 0.512. The van der Waals surface area contributed by atoms with Gasteiger partial charge in [-0.05, 0) is 38.7 Å². The Bertz CT molecular complexity index is 1210. The summed E-state index contributed by atoms with van der Waals surface area (Å²) in [5, 5.41) is 17.3. The molecule has 0 spiro atoms. The molecule has 5 rings (SSSR count). The van der Waals surface area contributed by atoms with Gasteiger partial charge in [0, 0.05) is 35.3 Å². The number of pyridine rings is 1. The summed E-state index contributed by atoms with van der Waals surface area (Å²) >= 11 is 0. The topological polar surface area (TPSA) is 118 Å². The van der Waals surface area contributed by atoms with Crippen LogP contribution in [-0.4, -0.2) is 48.7 Å². The van der Waals surface area contributed by atoms with Crippen molar-refractivity contribution in [3.05, 3.63) is 41.5 Å². The number of alkyl halides is 3. The fourth-order valence-corrected chi connectivity index (χ4v) is 5.07. The van der Waals surface area contributed by atoms with Gasteiger partial charge in [0.1, 0.15) is 5.82 Å². The Labute approximate surface area is 187 Å². The van der Waals surface area contributed by atoms with Crippen LogP contribution in [0.25, 0.3) is 16.8 Å². The minimum atomic E-state index is -4.80. The van der Waals surface area contributed by atoms with Gasteiger partial charge < -0.3 is 16.2 Å². The molecule has 0 amide bonds. The maximum absolute atomic E-state index is 12.8. The third kappa shape index (κ3) is 3.74. The van der Waals surface area contributed by atoms with Crippen LogP contribution in [0, 0.1) is 0 Å². The molecule has 4 N–H and O–H groups in total. The number of hydrogen-bond donors (Lipinski definition) is 3. The van der Waals surface area contributed by atoms with Crippen molar-refractivity contribution < 1.29 is 23.1 Å². The summed E-state index contributed by atoms with van der Waals surface area (Å²) in [7, 11) is 0. The van der Waals surface area contributed by atoms with E-state index in [1.54, 1.807) is 0 Å². The Morgan fingerprint density at radius 3 is 2.52 bits per heavy atom. The van der Waals surface area contributed by atoms with Gasteiger partial charge in [-0.25, -0.2) is 4.98 Å². The molecule has 2 saturated heterocycles.